The number of carboxylic acid groups (broad SMARTS) is 1. The summed E-state index contributed by atoms with van der Waals surface area (Å²) in [5.41, 5.74) is 6.31. The van der Waals surface area contributed by atoms with Crippen molar-refractivity contribution in [2.24, 2.45) is 0 Å². The van der Waals surface area contributed by atoms with Crippen molar-refractivity contribution < 1.29 is 19.4 Å². The Balaban J connectivity index is 2.44. The molecule has 0 saturated heterocycles. The molecule has 116 valence electrons. The molecule has 21 heavy (non-hydrogen) atoms. The van der Waals surface area contributed by atoms with E-state index in [0.29, 0.717) is 24.5 Å². The van der Waals surface area contributed by atoms with E-state index in [1.807, 2.05) is 0 Å². The molecule has 5 N–H and O–H groups in total. The number of carbonyl (C=O) groups is 2. The number of amides is 1. The fourth-order valence-corrected chi connectivity index (χ4v) is 1.52. The predicted octanol–water partition coefficient (Wildman–Crippen LogP) is 1.90. The highest BCUT2D eigenvalue weighted by molar-refractivity contribution is 5.90. The van der Waals surface area contributed by atoms with E-state index in [9.17, 15) is 9.59 Å². The maximum Gasteiger partial charge on any atom is 0.407 e. The molecular formula is C14H21N3O4. The van der Waals surface area contributed by atoms with Gasteiger partial charge in [0.2, 0.25) is 0 Å². The van der Waals surface area contributed by atoms with Gasteiger partial charge in [-0.25, -0.2) is 9.59 Å². The summed E-state index contributed by atoms with van der Waals surface area (Å²) in [6, 6.07) is 4.40. The number of anilines is 2. The van der Waals surface area contributed by atoms with Crippen molar-refractivity contribution in [1.29, 1.82) is 0 Å². The molecule has 0 unspecified atom stereocenters. The van der Waals surface area contributed by atoms with E-state index >= 15 is 0 Å². The van der Waals surface area contributed by atoms with Crippen LogP contribution in [0.3, 0.4) is 0 Å². The van der Waals surface area contributed by atoms with Gasteiger partial charge in [0, 0.05) is 13.1 Å². The molecule has 7 heteroatoms. The van der Waals surface area contributed by atoms with E-state index in [2.05, 4.69) is 10.6 Å². The number of ether oxygens (including phenoxy) is 1. The third-order valence-corrected chi connectivity index (χ3v) is 2.41. The summed E-state index contributed by atoms with van der Waals surface area (Å²) in [6.45, 7) is 6.06. The lowest BCUT2D eigenvalue weighted by molar-refractivity contribution is 0.0529. The maximum atomic E-state index is 11.4. The van der Waals surface area contributed by atoms with Gasteiger partial charge in [-0.05, 0) is 39.0 Å². The largest absolute Gasteiger partial charge is 0.478 e. The monoisotopic (exact) mass is 295 g/mol. The number of nitrogens with one attached hydrogen (secondary N) is 2. The van der Waals surface area contributed by atoms with Gasteiger partial charge in [0.1, 0.15) is 5.60 Å². The molecule has 0 radical (unpaired) electrons. The van der Waals surface area contributed by atoms with Crippen LogP contribution in [0.2, 0.25) is 0 Å². The minimum absolute atomic E-state index is 0.145. The zero-order valence-corrected chi connectivity index (χ0v) is 12.4. The molecule has 0 atom stereocenters. The highest BCUT2D eigenvalue weighted by Crippen LogP contribution is 2.19. The SMILES string of the molecule is CC(C)(C)OC(=O)NCCNc1cc(C(=O)O)ccc1N. The normalized spacial score (nSPS) is 10.8. The third-order valence-electron chi connectivity index (χ3n) is 2.41. The highest BCUT2D eigenvalue weighted by Gasteiger charge is 2.15. The summed E-state index contributed by atoms with van der Waals surface area (Å²) in [4.78, 5) is 22.3. The van der Waals surface area contributed by atoms with Crippen molar-refractivity contribution in [3.8, 4) is 0 Å². The van der Waals surface area contributed by atoms with Gasteiger partial charge in [-0.1, -0.05) is 0 Å². The maximum absolute atomic E-state index is 11.4. The molecule has 7 nitrogen and oxygen atoms in total. The lowest BCUT2D eigenvalue weighted by atomic mass is 10.1. The molecule has 0 fully saturated rings. The van der Waals surface area contributed by atoms with Gasteiger partial charge >= 0.3 is 12.1 Å². The van der Waals surface area contributed by atoms with Gasteiger partial charge in [-0.15, -0.1) is 0 Å². The molecule has 0 aromatic heterocycles. The molecule has 0 aliphatic carbocycles. The molecule has 0 spiro atoms. The standard InChI is InChI=1S/C14H21N3O4/c1-14(2,3)21-13(20)17-7-6-16-11-8-9(12(18)19)4-5-10(11)15/h4-5,8,16H,6-7,15H2,1-3H3,(H,17,20)(H,18,19). The lowest BCUT2D eigenvalue weighted by Gasteiger charge is -2.19. The van der Waals surface area contributed by atoms with Gasteiger partial charge in [-0.3, -0.25) is 0 Å². The minimum atomic E-state index is -1.02. The summed E-state index contributed by atoms with van der Waals surface area (Å²) in [7, 11) is 0. The molecule has 0 bridgehead atoms. The first-order valence-corrected chi connectivity index (χ1v) is 6.52. The van der Waals surface area contributed by atoms with Gasteiger partial charge in [-0.2, -0.15) is 0 Å². The van der Waals surface area contributed by atoms with Crippen LogP contribution in [0.15, 0.2) is 18.2 Å². The third kappa shape index (κ3) is 6.03. The molecule has 1 aromatic rings. The molecular weight excluding hydrogens is 274 g/mol. The van der Waals surface area contributed by atoms with E-state index in [1.54, 1.807) is 20.8 Å². The average molecular weight is 295 g/mol. The number of alkyl carbamates (subject to hydrolysis) is 1. The van der Waals surface area contributed by atoms with Crippen LogP contribution in [0.4, 0.5) is 16.2 Å². The van der Waals surface area contributed by atoms with Crippen LogP contribution in [0, 0.1) is 0 Å². The molecule has 1 amide bonds. The first-order valence-electron chi connectivity index (χ1n) is 6.52. The Morgan fingerprint density at radius 2 is 1.95 bits per heavy atom. The van der Waals surface area contributed by atoms with Crippen LogP contribution in [0.1, 0.15) is 31.1 Å². The Hall–Kier alpha value is -2.44. The second-order valence-corrected chi connectivity index (χ2v) is 5.46. The predicted molar refractivity (Wildman–Crippen MR) is 80.5 cm³/mol. The Morgan fingerprint density at radius 1 is 1.29 bits per heavy atom. The lowest BCUT2D eigenvalue weighted by Crippen LogP contribution is -2.35. The number of carbonyl (C=O) groups excluding carboxylic acids is 1. The zero-order chi connectivity index (χ0) is 16.0. The van der Waals surface area contributed by atoms with Crippen molar-refractivity contribution in [1.82, 2.24) is 5.32 Å². The Bertz CT molecular complexity index is 523. The van der Waals surface area contributed by atoms with E-state index in [-0.39, 0.29) is 5.56 Å². The number of nitrogen functional groups attached to an aromatic ring is 1. The number of rotatable bonds is 5. The van der Waals surface area contributed by atoms with Gasteiger partial charge < -0.3 is 26.2 Å². The van der Waals surface area contributed by atoms with Crippen LogP contribution in [0.5, 0.6) is 0 Å². The molecule has 0 aliphatic heterocycles. The number of hydrogen-bond acceptors (Lipinski definition) is 5. The second kappa shape index (κ2) is 6.83. The number of hydrogen-bond donors (Lipinski definition) is 4. The topological polar surface area (TPSA) is 114 Å². The van der Waals surface area contributed by atoms with Crippen LogP contribution in [0.25, 0.3) is 0 Å². The first-order chi connectivity index (χ1) is 9.69. The Kier molecular flexibility index (Phi) is 5.40. The summed E-state index contributed by atoms with van der Waals surface area (Å²) >= 11 is 0. The van der Waals surface area contributed by atoms with E-state index in [0.717, 1.165) is 0 Å². The number of nitrogens with two attached hydrogens (primary N) is 1. The number of benzene rings is 1. The summed E-state index contributed by atoms with van der Waals surface area (Å²) in [5.74, 6) is -1.02. The minimum Gasteiger partial charge on any atom is -0.478 e. The summed E-state index contributed by atoms with van der Waals surface area (Å²) in [6.07, 6.45) is -0.503. The van der Waals surface area contributed by atoms with Crippen molar-refractivity contribution in [2.75, 3.05) is 24.1 Å². The fourth-order valence-electron chi connectivity index (χ4n) is 1.52. The van der Waals surface area contributed by atoms with E-state index < -0.39 is 17.7 Å². The van der Waals surface area contributed by atoms with Crippen LogP contribution in [-0.4, -0.2) is 35.9 Å². The summed E-state index contributed by atoms with van der Waals surface area (Å²) < 4.78 is 5.08. The molecule has 0 saturated carbocycles. The highest BCUT2D eigenvalue weighted by atomic mass is 16.6. The van der Waals surface area contributed by atoms with Crippen molar-refractivity contribution in [3.05, 3.63) is 23.8 Å². The molecule has 1 rings (SSSR count). The molecule has 0 aliphatic rings. The van der Waals surface area contributed by atoms with Gasteiger partial charge in [0.05, 0.1) is 16.9 Å². The van der Waals surface area contributed by atoms with Crippen molar-refractivity contribution in [3.63, 3.8) is 0 Å². The van der Waals surface area contributed by atoms with Crippen LogP contribution < -0.4 is 16.4 Å². The fraction of sp³-hybridized carbons (Fsp3) is 0.429. The van der Waals surface area contributed by atoms with Crippen molar-refractivity contribution >= 4 is 23.4 Å². The smallest absolute Gasteiger partial charge is 0.407 e. The quantitative estimate of drug-likeness (QED) is 0.487. The van der Waals surface area contributed by atoms with Gasteiger partial charge in [0.15, 0.2) is 0 Å². The number of carboxylic acids is 1. The van der Waals surface area contributed by atoms with E-state index in [4.69, 9.17) is 15.6 Å². The Morgan fingerprint density at radius 3 is 2.52 bits per heavy atom. The van der Waals surface area contributed by atoms with Crippen LogP contribution >= 0.6 is 0 Å². The van der Waals surface area contributed by atoms with E-state index in [1.165, 1.54) is 18.2 Å². The zero-order valence-electron chi connectivity index (χ0n) is 12.4. The summed E-state index contributed by atoms with van der Waals surface area (Å²) in [5, 5.41) is 14.5. The first kappa shape index (κ1) is 16.6. The number of aromatic carboxylic acids is 1. The van der Waals surface area contributed by atoms with Gasteiger partial charge in [0.25, 0.3) is 0 Å². The van der Waals surface area contributed by atoms with Crippen LogP contribution in [-0.2, 0) is 4.74 Å². The molecule has 0 heterocycles. The Labute approximate surface area is 123 Å². The second-order valence-electron chi connectivity index (χ2n) is 5.46. The van der Waals surface area contributed by atoms with Crippen molar-refractivity contribution in [2.45, 2.75) is 26.4 Å². The molecule has 1 aromatic carbocycles. The average Bonchev–Trinajstić information content (AvgIpc) is 2.34.